The van der Waals surface area contributed by atoms with Crippen LogP contribution < -0.4 is 5.32 Å². The van der Waals surface area contributed by atoms with E-state index < -0.39 is 24.7 Å². The predicted molar refractivity (Wildman–Crippen MR) is 115 cm³/mol. The highest BCUT2D eigenvalue weighted by molar-refractivity contribution is 6.02. The van der Waals surface area contributed by atoms with Gasteiger partial charge in [0, 0.05) is 18.0 Å². The van der Waals surface area contributed by atoms with Gasteiger partial charge in [0.25, 0.3) is 12.3 Å². The Labute approximate surface area is 191 Å². The minimum atomic E-state index is -2.58. The van der Waals surface area contributed by atoms with Gasteiger partial charge in [-0.05, 0) is 36.6 Å². The minimum absolute atomic E-state index is 0.0177. The van der Waals surface area contributed by atoms with Gasteiger partial charge in [0.15, 0.2) is 11.3 Å². The van der Waals surface area contributed by atoms with E-state index in [0.717, 1.165) is 36.2 Å². The highest BCUT2D eigenvalue weighted by atomic mass is 19.3. The number of nitrogens with one attached hydrogen (secondary N) is 2. The van der Waals surface area contributed by atoms with Gasteiger partial charge in [-0.15, -0.1) is 5.10 Å². The first-order valence-electron chi connectivity index (χ1n) is 10.9. The molecule has 12 heteroatoms. The van der Waals surface area contributed by atoms with Crippen LogP contribution in [0.15, 0.2) is 30.7 Å². The average molecular weight is 470 g/mol. The van der Waals surface area contributed by atoms with E-state index in [4.69, 9.17) is 0 Å². The summed E-state index contributed by atoms with van der Waals surface area (Å²) in [7, 11) is 0. The standard InChI is InChI=1S/C22H21F3N8O/c23-15-6-12(5-14(7-15)16-9-33(32-31-16)10-17(24)25)8-26-22(34)19-18-21(28-11-27-19)30-20(29-18)13-3-1-2-4-13/h5-7,9,11,13,17H,1-4,8,10H2,(H,26,34)(H,27,28,29,30). The lowest BCUT2D eigenvalue weighted by Crippen LogP contribution is -2.24. The molecule has 0 unspecified atom stereocenters. The van der Waals surface area contributed by atoms with Gasteiger partial charge in [0.1, 0.15) is 35.7 Å². The highest BCUT2D eigenvalue weighted by Gasteiger charge is 2.23. The number of carbonyl (C=O) groups is 1. The van der Waals surface area contributed by atoms with E-state index in [2.05, 4.69) is 35.6 Å². The Morgan fingerprint density at radius 2 is 2.03 bits per heavy atom. The smallest absolute Gasteiger partial charge is 0.272 e. The largest absolute Gasteiger partial charge is 0.347 e. The van der Waals surface area contributed by atoms with Crippen molar-refractivity contribution in [1.29, 1.82) is 0 Å². The second kappa shape index (κ2) is 9.20. The van der Waals surface area contributed by atoms with Crippen LogP contribution in [0.3, 0.4) is 0 Å². The number of aromatic nitrogens is 7. The topological polar surface area (TPSA) is 114 Å². The summed E-state index contributed by atoms with van der Waals surface area (Å²) >= 11 is 0. The number of benzene rings is 1. The lowest BCUT2D eigenvalue weighted by atomic mass is 10.1. The molecule has 0 bridgehead atoms. The third-order valence-corrected chi connectivity index (χ3v) is 5.83. The molecule has 4 aromatic rings. The Morgan fingerprint density at radius 3 is 2.82 bits per heavy atom. The fraction of sp³-hybridized carbons (Fsp3) is 0.364. The maximum atomic E-state index is 14.2. The molecule has 1 aromatic carbocycles. The maximum Gasteiger partial charge on any atom is 0.272 e. The van der Waals surface area contributed by atoms with Crippen molar-refractivity contribution in [2.75, 3.05) is 0 Å². The van der Waals surface area contributed by atoms with Crippen LogP contribution in [0.25, 0.3) is 22.4 Å². The first-order valence-corrected chi connectivity index (χ1v) is 10.9. The molecule has 1 saturated carbocycles. The number of fused-ring (bicyclic) bond motifs is 1. The molecule has 1 fully saturated rings. The van der Waals surface area contributed by atoms with Crippen molar-refractivity contribution >= 4 is 17.1 Å². The van der Waals surface area contributed by atoms with Gasteiger partial charge in [-0.2, -0.15) is 0 Å². The molecule has 0 atom stereocenters. The van der Waals surface area contributed by atoms with E-state index in [0.29, 0.717) is 28.2 Å². The molecular formula is C22H21F3N8O. The normalized spacial score (nSPS) is 14.4. The Bertz CT molecular complexity index is 1330. The quantitative estimate of drug-likeness (QED) is 0.427. The average Bonchev–Trinajstić information content (AvgIpc) is 3.56. The monoisotopic (exact) mass is 470 g/mol. The van der Waals surface area contributed by atoms with Crippen LogP contribution >= 0.6 is 0 Å². The molecule has 0 radical (unpaired) electrons. The first kappa shape index (κ1) is 22.0. The maximum absolute atomic E-state index is 14.2. The summed E-state index contributed by atoms with van der Waals surface area (Å²) in [5, 5.41) is 10.2. The Balaban J connectivity index is 1.33. The number of hydrogen-bond acceptors (Lipinski definition) is 6. The molecule has 1 aliphatic rings. The predicted octanol–water partition coefficient (Wildman–Crippen LogP) is 3.60. The van der Waals surface area contributed by atoms with E-state index >= 15 is 0 Å². The number of rotatable bonds is 7. The van der Waals surface area contributed by atoms with Crippen molar-refractivity contribution in [3.05, 3.63) is 53.6 Å². The molecule has 5 rings (SSSR count). The fourth-order valence-electron chi connectivity index (χ4n) is 4.24. The summed E-state index contributed by atoms with van der Waals surface area (Å²) in [5.74, 6) is 0.137. The number of carbonyl (C=O) groups excluding carboxylic acids is 1. The molecule has 3 heterocycles. The number of nitrogens with zero attached hydrogens (tertiary/aromatic N) is 6. The zero-order valence-electron chi connectivity index (χ0n) is 18.0. The van der Waals surface area contributed by atoms with E-state index in [-0.39, 0.29) is 17.9 Å². The van der Waals surface area contributed by atoms with Crippen LogP contribution in [0, 0.1) is 5.82 Å². The van der Waals surface area contributed by atoms with E-state index in [9.17, 15) is 18.0 Å². The van der Waals surface area contributed by atoms with Crippen LogP contribution in [0.4, 0.5) is 13.2 Å². The Kier molecular flexibility index (Phi) is 5.95. The third kappa shape index (κ3) is 4.61. The van der Waals surface area contributed by atoms with Crippen LogP contribution in [0.2, 0.25) is 0 Å². The number of imidazole rings is 1. The molecule has 1 aliphatic carbocycles. The molecule has 0 aliphatic heterocycles. The van der Waals surface area contributed by atoms with Crippen LogP contribution in [0.1, 0.15) is 53.5 Å². The van der Waals surface area contributed by atoms with E-state index in [1.165, 1.54) is 24.7 Å². The summed E-state index contributed by atoms with van der Waals surface area (Å²) in [5.41, 5.74) is 2.15. The molecule has 3 aromatic heterocycles. The molecule has 0 spiro atoms. The molecule has 176 valence electrons. The summed E-state index contributed by atoms with van der Waals surface area (Å²) < 4.78 is 40.3. The molecule has 34 heavy (non-hydrogen) atoms. The van der Waals surface area contributed by atoms with E-state index in [1.54, 1.807) is 6.07 Å². The SMILES string of the molecule is O=C(NCc1cc(F)cc(-c2cn(CC(F)F)nn2)c1)c1ncnc2nc(C3CCCC3)[nH]c12. The number of halogens is 3. The molecule has 2 N–H and O–H groups in total. The highest BCUT2D eigenvalue weighted by Crippen LogP contribution is 2.33. The number of hydrogen-bond donors (Lipinski definition) is 2. The zero-order valence-corrected chi connectivity index (χ0v) is 18.0. The number of amides is 1. The second-order valence-electron chi connectivity index (χ2n) is 8.27. The van der Waals surface area contributed by atoms with Crippen molar-refractivity contribution in [3.63, 3.8) is 0 Å². The van der Waals surface area contributed by atoms with E-state index in [1.807, 2.05) is 0 Å². The van der Waals surface area contributed by atoms with Crippen LogP contribution in [-0.2, 0) is 13.1 Å². The number of alkyl halides is 2. The van der Waals surface area contributed by atoms with Crippen molar-refractivity contribution in [1.82, 2.24) is 40.2 Å². The fourth-order valence-corrected chi connectivity index (χ4v) is 4.24. The summed E-state index contributed by atoms with van der Waals surface area (Å²) in [6.45, 7) is -0.585. The van der Waals surface area contributed by atoms with Gasteiger partial charge in [-0.25, -0.2) is 32.8 Å². The van der Waals surface area contributed by atoms with Gasteiger partial charge in [-0.3, -0.25) is 4.79 Å². The van der Waals surface area contributed by atoms with Gasteiger partial charge in [-0.1, -0.05) is 18.1 Å². The molecular weight excluding hydrogens is 449 g/mol. The Hall–Kier alpha value is -3.83. The molecule has 0 saturated heterocycles. The zero-order chi connectivity index (χ0) is 23.7. The van der Waals surface area contributed by atoms with Gasteiger partial charge in [0.05, 0.1) is 6.20 Å². The molecule has 1 amide bonds. The van der Waals surface area contributed by atoms with Crippen molar-refractivity contribution in [2.45, 2.75) is 51.1 Å². The lowest BCUT2D eigenvalue weighted by molar-refractivity contribution is 0.0947. The lowest BCUT2D eigenvalue weighted by Gasteiger charge is -2.07. The van der Waals surface area contributed by atoms with Crippen molar-refractivity contribution < 1.29 is 18.0 Å². The van der Waals surface area contributed by atoms with Crippen molar-refractivity contribution in [3.8, 4) is 11.3 Å². The second-order valence-corrected chi connectivity index (χ2v) is 8.27. The first-order chi connectivity index (χ1) is 16.5. The minimum Gasteiger partial charge on any atom is -0.347 e. The van der Waals surface area contributed by atoms with Crippen molar-refractivity contribution in [2.24, 2.45) is 0 Å². The Morgan fingerprint density at radius 1 is 1.21 bits per heavy atom. The van der Waals surface area contributed by atoms with Crippen LogP contribution in [-0.4, -0.2) is 47.3 Å². The molecule has 9 nitrogen and oxygen atoms in total. The summed E-state index contributed by atoms with van der Waals surface area (Å²) in [4.78, 5) is 28.9. The third-order valence-electron chi connectivity index (χ3n) is 5.83. The number of aromatic amines is 1. The number of H-pyrrole nitrogens is 1. The summed E-state index contributed by atoms with van der Waals surface area (Å²) in [6, 6.07) is 4.12. The summed E-state index contributed by atoms with van der Waals surface area (Å²) in [6.07, 6.45) is 4.43. The van der Waals surface area contributed by atoms with Gasteiger partial charge >= 0.3 is 0 Å². The van der Waals surface area contributed by atoms with Gasteiger partial charge < -0.3 is 10.3 Å². The van der Waals surface area contributed by atoms with Crippen LogP contribution in [0.5, 0.6) is 0 Å². The van der Waals surface area contributed by atoms with Gasteiger partial charge in [0.2, 0.25) is 0 Å².